The zero-order valence-corrected chi connectivity index (χ0v) is 17.7. The predicted octanol–water partition coefficient (Wildman–Crippen LogP) is 2.81. The van der Waals surface area contributed by atoms with Gasteiger partial charge in [-0.2, -0.15) is 0 Å². The Kier molecular flexibility index (Phi) is 6.92. The van der Waals surface area contributed by atoms with Crippen molar-refractivity contribution in [1.82, 2.24) is 10.2 Å². The normalized spacial score (nSPS) is 15.8. The van der Waals surface area contributed by atoms with Crippen molar-refractivity contribution >= 4 is 15.7 Å². The number of carbonyl (C=O) groups is 1. The van der Waals surface area contributed by atoms with E-state index in [9.17, 15) is 13.2 Å². The van der Waals surface area contributed by atoms with Crippen LogP contribution in [0.25, 0.3) is 0 Å². The number of methoxy groups -OCH3 is 1. The maximum Gasteiger partial charge on any atom is 0.251 e. The van der Waals surface area contributed by atoms with E-state index in [1.165, 1.54) is 6.26 Å². The Balaban J connectivity index is 1.71. The number of likely N-dealkylation sites (tertiary alicyclic amines) is 1. The fourth-order valence-electron chi connectivity index (χ4n) is 3.73. The van der Waals surface area contributed by atoms with Gasteiger partial charge in [0.05, 0.1) is 18.9 Å². The van der Waals surface area contributed by atoms with Crippen LogP contribution >= 0.6 is 0 Å². The molecule has 0 aromatic heterocycles. The van der Waals surface area contributed by atoms with Crippen molar-refractivity contribution in [2.45, 2.75) is 24.6 Å². The first kappa shape index (κ1) is 21.3. The number of benzene rings is 2. The molecule has 0 bridgehead atoms. The van der Waals surface area contributed by atoms with E-state index in [-0.39, 0.29) is 17.7 Å². The smallest absolute Gasteiger partial charge is 0.251 e. The van der Waals surface area contributed by atoms with E-state index in [1.54, 1.807) is 31.4 Å². The van der Waals surface area contributed by atoms with Gasteiger partial charge in [0.1, 0.15) is 5.75 Å². The third kappa shape index (κ3) is 6.05. The van der Waals surface area contributed by atoms with Crippen LogP contribution < -0.4 is 10.1 Å². The summed E-state index contributed by atoms with van der Waals surface area (Å²) >= 11 is 0. The van der Waals surface area contributed by atoms with Gasteiger partial charge in [-0.15, -0.1) is 0 Å². The maximum absolute atomic E-state index is 12.7. The lowest BCUT2D eigenvalue weighted by Gasteiger charge is -2.28. The Labute approximate surface area is 172 Å². The van der Waals surface area contributed by atoms with Gasteiger partial charge in [0, 0.05) is 18.4 Å². The minimum atomic E-state index is -3.15. The first-order valence-corrected chi connectivity index (χ1v) is 11.8. The molecular formula is C22H28N2O4S. The van der Waals surface area contributed by atoms with Gasteiger partial charge < -0.3 is 10.1 Å². The zero-order valence-electron chi connectivity index (χ0n) is 16.9. The molecule has 3 rings (SSSR count). The van der Waals surface area contributed by atoms with E-state index in [1.807, 2.05) is 24.3 Å². The van der Waals surface area contributed by atoms with Crippen molar-refractivity contribution in [3.63, 3.8) is 0 Å². The van der Waals surface area contributed by atoms with Crippen molar-refractivity contribution in [2.75, 3.05) is 33.0 Å². The highest BCUT2D eigenvalue weighted by molar-refractivity contribution is 7.89. The maximum atomic E-state index is 12.7. The number of sulfone groups is 1. The molecule has 0 saturated carbocycles. The molecule has 1 amide bonds. The summed E-state index contributed by atoms with van der Waals surface area (Å²) in [6.45, 7) is 2.51. The summed E-state index contributed by atoms with van der Waals surface area (Å²) in [5, 5.41) is 3.03. The van der Waals surface area contributed by atoms with Crippen LogP contribution in [0.1, 0.15) is 40.4 Å². The fourth-order valence-corrected chi connectivity index (χ4v) is 4.52. The second-order valence-corrected chi connectivity index (χ2v) is 9.65. The summed E-state index contributed by atoms with van der Waals surface area (Å²) in [7, 11) is -1.50. The standard InChI is InChI=1S/C22H28N2O4S/c1-28-20-10-8-18(9-11-20)21(24-12-3-4-13-24)15-23-22(25)19-7-5-6-17(14-19)16-29(2,26)27/h5-11,14,21H,3-4,12-13,15-16H2,1-2H3,(H,23,25). The van der Waals surface area contributed by atoms with Gasteiger partial charge in [0.2, 0.25) is 0 Å². The van der Waals surface area contributed by atoms with Crippen LogP contribution in [-0.2, 0) is 15.6 Å². The van der Waals surface area contributed by atoms with Crippen LogP contribution in [0.4, 0.5) is 0 Å². The molecule has 1 heterocycles. The largest absolute Gasteiger partial charge is 0.497 e. The zero-order chi connectivity index (χ0) is 20.9. The average Bonchev–Trinajstić information content (AvgIpc) is 3.22. The molecule has 1 aliphatic rings. The molecule has 156 valence electrons. The quantitative estimate of drug-likeness (QED) is 0.716. The average molecular weight is 417 g/mol. The van der Waals surface area contributed by atoms with Crippen molar-refractivity contribution in [3.05, 3.63) is 65.2 Å². The Morgan fingerprint density at radius 3 is 2.45 bits per heavy atom. The second-order valence-electron chi connectivity index (χ2n) is 7.51. The van der Waals surface area contributed by atoms with Crippen molar-refractivity contribution in [3.8, 4) is 5.75 Å². The molecule has 1 N–H and O–H groups in total. The van der Waals surface area contributed by atoms with E-state index in [0.717, 1.165) is 37.2 Å². The molecule has 0 aliphatic carbocycles. The summed E-state index contributed by atoms with van der Waals surface area (Å²) in [5.74, 6) is 0.537. The summed E-state index contributed by atoms with van der Waals surface area (Å²) in [6, 6.07) is 14.9. The van der Waals surface area contributed by atoms with Crippen LogP contribution in [0, 0.1) is 0 Å². The molecule has 0 radical (unpaired) electrons. The number of ether oxygens (including phenoxy) is 1. The summed E-state index contributed by atoms with van der Waals surface area (Å²) in [5.41, 5.74) is 2.23. The molecule has 1 atom stereocenters. The molecule has 1 fully saturated rings. The Hall–Kier alpha value is -2.38. The highest BCUT2D eigenvalue weighted by Gasteiger charge is 2.24. The second kappa shape index (κ2) is 9.41. The van der Waals surface area contributed by atoms with Gasteiger partial charge in [-0.05, 0) is 61.3 Å². The van der Waals surface area contributed by atoms with Gasteiger partial charge >= 0.3 is 0 Å². The fraction of sp³-hybridized carbons (Fsp3) is 0.409. The molecule has 2 aromatic carbocycles. The minimum absolute atomic E-state index is 0.0730. The van der Waals surface area contributed by atoms with Crippen LogP contribution in [0.3, 0.4) is 0 Å². The van der Waals surface area contributed by atoms with Gasteiger partial charge in [0.15, 0.2) is 9.84 Å². The number of carbonyl (C=O) groups excluding carboxylic acids is 1. The molecular weight excluding hydrogens is 388 g/mol. The molecule has 1 unspecified atom stereocenters. The Bertz CT molecular complexity index is 936. The molecule has 29 heavy (non-hydrogen) atoms. The van der Waals surface area contributed by atoms with Gasteiger partial charge in [-0.3, -0.25) is 9.69 Å². The highest BCUT2D eigenvalue weighted by atomic mass is 32.2. The highest BCUT2D eigenvalue weighted by Crippen LogP contribution is 2.26. The van der Waals surface area contributed by atoms with Crippen LogP contribution in [-0.4, -0.2) is 52.2 Å². The monoisotopic (exact) mass is 416 g/mol. The van der Waals surface area contributed by atoms with E-state index in [4.69, 9.17) is 4.74 Å². The third-order valence-corrected chi connectivity index (χ3v) is 6.01. The van der Waals surface area contributed by atoms with Crippen LogP contribution in [0.15, 0.2) is 48.5 Å². The minimum Gasteiger partial charge on any atom is -0.497 e. The summed E-state index contributed by atoms with van der Waals surface area (Å²) in [4.78, 5) is 15.1. The molecule has 6 nitrogen and oxygen atoms in total. The number of nitrogens with one attached hydrogen (secondary N) is 1. The summed E-state index contributed by atoms with van der Waals surface area (Å²) < 4.78 is 28.3. The van der Waals surface area contributed by atoms with Gasteiger partial charge in [-0.25, -0.2) is 8.42 Å². The summed E-state index contributed by atoms with van der Waals surface area (Å²) in [6.07, 6.45) is 3.51. The molecule has 2 aromatic rings. The predicted molar refractivity (Wildman–Crippen MR) is 114 cm³/mol. The van der Waals surface area contributed by atoms with E-state index < -0.39 is 9.84 Å². The van der Waals surface area contributed by atoms with Crippen LogP contribution in [0.5, 0.6) is 5.75 Å². The number of rotatable bonds is 8. The number of hydrogen-bond donors (Lipinski definition) is 1. The Morgan fingerprint density at radius 2 is 1.83 bits per heavy atom. The number of nitrogens with zero attached hydrogens (tertiary/aromatic N) is 1. The van der Waals surface area contributed by atoms with E-state index >= 15 is 0 Å². The van der Waals surface area contributed by atoms with E-state index in [0.29, 0.717) is 17.7 Å². The molecule has 1 aliphatic heterocycles. The lowest BCUT2D eigenvalue weighted by atomic mass is 10.0. The van der Waals surface area contributed by atoms with Crippen molar-refractivity contribution in [2.24, 2.45) is 0 Å². The molecule has 0 spiro atoms. The SMILES string of the molecule is COc1ccc(C(CNC(=O)c2cccc(CS(C)(=O)=O)c2)N2CCCC2)cc1. The van der Waals surface area contributed by atoms with Gasteiger partial charge in [-0.1, -0.05) is 24.3 Å². The van der Waals surface area contributed by atoms with Crippen LogP contribution in [0.2, 0.25) is 0 Å². The first-order valence-electron chi connectivity index (χ1n) is 9.78. The molecule has 7 heteroatoms. The Morgan fingerprint density at radius 1 is 1.14 bits per heavy atom. The van der Waals surface area contributed by atoms with Gasteiger partial charge in [0.25, 0.3) is 5.91 Å². The lowest BCUT2D eigenvalue weighted by molar-refractivity contribution is 0.0937. The first-order chi connectivity index (χ1) is 13.9. The molecule has 1 saturated heterocycles. The number of amides is 1. The number of hydrogen-bond acceptors (Lipinski definition) is 5. The lowest BCUT2D eigenvalue weighted by Crippen LogP contribution is -2.36. The van der Waals surface area contributed by atoms with E-state index in [2.05, 4.69) is 10.2 Å². The van der Waals surface area contributed by atoms with Crippen molar-refractivity contribution in [1.29, 1.82) is 0 Å². The van der Waals surface area contributed by atoms with Crippen molar-refractivity contribution < 1.29 is 17.9 Å². The topological polar surface area (TPSA) is 75.7 Å². The third-order valence-electron chi connectivity index (χ3n) is 5.16.